The molecule has 14 rings (SSSR count). The molecule has 0 spiro atoms. The Balaban J connectivity index is 0.918. The van der Waals surface area contributed by atoms with E-state index in [1.165, 1.54) is 88.7 Å². The summed E-state index contributed by atoms with van der Waals surface area (Å²) in [6, 6.07) is 101. The smallest absolute Gasteiger partial charge is 0.122 e. The molecule has 1 atom stereocenters. The average molecular weight is 934 g/mol. The van der Waals surface area contributed by atoms with Crippen molar-refractivity contribution in [3.63, 3.8) is 0 Å². The average Bonchev–Trinajstić information content (AvgIpc) is 4.03. The molecule has 2 aliphatic carbocycles. The minimum absolute atomic E-state index is 0.268. The normalized spacial score (nSPS) is 14.9. The Morgan fingerprint density at radius 3 is 1.45 bits per heavy atom. The number of hydrogen-bond acceptors (Lipinski definition) is 2. The fraction of sp³-hybridized carbons (Fsp3) is 0.0571. The van der Waals surface area contributed by atoms with E-state index in [2.05, 4.69) is 301 Å². The van der Waals surface area contributed by atoms with Gasteiger partial charge in [-0.05, 0) is 152 Å². The minimum Gasteiger partial charge on any atom is -0.323 e. The summed E-state index contributed by atoms with van der Waals surface area (Å²) in [7, 11) is 0. The van der Waals surface area contributed by atoms with Crippen LogP contribution >= 0.6 is 0 Å². The van der Waals surface area contributed by atoms with Crippen molar-refractivity contribution in [3.05, 3.63) is 301 Å². The van der Waals surface area contributed by atoms with Crippen molar-refractivity contribution in [1.29, 1.82) is 0 Å². The molecule has 3 nitrogen and oxygen atoms in total. The number of para-hydroxylation sites is 5. The second kappa shape index (κ2) is 16.7. The van der Waals surface area contributed by atoms with E-state index in [1.807, 2.05) is 0 Å². The van der Waals surface area contributed by atoms with Crippen LogP contribution in [-0.4, -0.2) is 4.57 Å². The highest BCUT2D eigenvalue weighted by atomic mass is 15.2. The van der Waals surface area contributed by atoms with Gasteiger partial charge in [-0.3, -0.25) is 0 Å². The number of benzene rings is 11. The van der Waals surface area contributed by atoms with E-state index in [-0.39, 0.29) is 5.41 Å². The zero-order valence-electron chi connectivity index (χ0n) is 40.8. The van der Waals surface area contributed by atoms with Crippen LogP contribution in [0.25, 0.3) is 60.9 Å². The van der Waals surface area contributed by atoms with Crippen LogP contribution in [0, 0.1) is 0 Å². The van der Waals surface area contributed by atoms with E-state index in [0.29, 0.717) is 0 Å². The lowest BCUT2D eigenvalue weighted by Crippen LogP contribution is -2.44. The molecular weight excluding hydrogens is 883 g/mol. The number of aromatic nitrogens is 1. The molecule has 346 valence electrons. The van der Waals surface area contributed by atoms with Crippen molar-refractivity contribution >= 4 is 50.2 Å². The van der Waals surface area contributed by atoms with Crippen molar-refractivity contribution in [1.82, 2.24) is 4.57 Å². The summed E-state index contributed by atoms with van der Waals surface area (Å²) in [5.41, 5.74) is 22.0. The van der Waals surface area contributed by atoms with Crippen molar-refractivity contribution < 1.29 is 0 Å². The summed E-state index contributed by atoms with van der Waals surface area (Å²) in [6.07, 6.45) is 0. The summed E-state index contributed by atoms with van der Waals surface area (Å²) in [6.45, 7) is 4.80. The zero-order chi connectivity index (χ0) is 48.7. The minimum atomic E-state index is -0.726. The van der Waals surface area contributed by atoms with E-state index in [4.69, 9.17) is 0 Å². The summed E-state index contributed by atoms with van der Waals surface area (Å²) < 4.78 is 2.41. The van der Waals surface area contributed by atoms with Gasteiger partial charge in [-0.15, -0.1) is 0 Å². The van der Waals surface area contributed by atoms with Crippen LogP contribution in [-0.2, 0) is 11.0 Å². The number of anilines is 5. The highest BCUT2D eigenvalue weighted by molar-refractivity contribution is 6.10. The topological polar surface area (TPSA) is 11.4 Å². The molecule has 1 aromatic heterocycles. The lowest BCUT2D eigenvalue weighted by Gasteiger charge is -2.45. The number of fused-ring (bicyclic) bond motifs is 9. The van der Waals surface area contributed by atoms with E-state index in [9.17, 15) is 0 Å². The number of rotatable bonds is 9. The zero-order valence-corrected chi connectivity index (χ0v) is 40.8. The monoisotopic (exact) mass is 933 g/mol. The lowest BCUT2D eigenvalue weighted by molar-refractivity contribution is 0.644. The largest absolute Gasteiger partial charge is 0.323 e. The quantitative estimate of drug-likeness (QED) is 0.143. The van der Waals surface area contributed by atoms with Gasteiger partial charge in [-0.25, -0.2) is 0 Å². The second-order valence-corrected chi connectivity index (χ2v) is 20.1. The molecule has 12 aromatic rings. The van der Waals surface area contributed by atoms with Gasteiger partial charge in [0, 0.05) is 50.3 Å². The summed E-state index contributed by atoms with van der Waals surface area (Å²) in [5, 5.41) is 2.52. The van der Waals surface area contributed by atoms with Gasteiger partial charge in [0.15, 0.2) is 0 Å². The van der Waals surface area contributed by atoms with Crippen LogP contribution in [0.3, 0.4) is 0 Å². The first-order chi connectivity index (χ1) is 36.0. The summed E-state index contributed by atoms with van der Waals surface area (Å²) in [5.74, 6) is 0. The lowest BCUT2D eigenvalue weighted by atomic mass is 9.78. The molecule has 0 aliphatic heterocycles. The van der Waals surface area contributed by atoms with E-state index < -0.39 is 5.54 Å². The molecule has 2 aliphatic rings. The third kappa shape index (κ3) is 6.52. The molecule has 11 aromatic carbocycles. The maximum atomic E-state index is 2.56. The first-order valence-electron chi connectivity index (χ1n) is 25.4. The predicted octanol–water partition coefficient (Wildman–Crippen LogP) is 18.3. The fourth-order valence-corrected chi connectivity index (χ4v) is 12.5. The highest BCUT2D eigenvalue weighted by Gasteiger charge is 2.50. The Morgan fingerprint density at radius 1 is 0.315 bits per heavy atom. The van der Waals surface area contributed by atoms with E-state index in [0.717, 1.165) is 28.4 Å². The van der Waals surface area contributed by atoms with Gasteiger partial charge >= 0.3 is 0 Å². The van der Waals surface area contributed by atoms with Gasteiger partial charge in [-0.1, -0.05) is 196 Å². The third-order valence-corrected chi connectivity index (χ3v) is 15.8. The van der Waals surface area contributed by atoms with Gasteiger partial charge in [0.2, 0.25) is 0 Å². The van der Waals surface area contributed by atoms with Gasteiger partial charge in [0.05, 0.1) is 11.0 Å². The van der Waals surface area contributed by atoms with E-state index in [1.54, 1.807) is 0 Å². The Morgan fingerprint density at radius 2 is 0.781 bits per heavy atom. The molecule has 1 heterocycles. The van der Waals surface area contributed by atoms with E-state index >= 15 is 0 Å². The Kier molecular flexibility index (Phi) is 9.78. The fourth-order valence-electron chi connectivity index (χ4n) is 12.5. The Labute approximate surface area is 427 Å². The van der Waals surface area contributed by atoms with Crippen LogP contribution in [0.5, 0.6) is 0 Å². The maximum Gasteiger partial charge on any atom is 0.122 e. The Bertz CT molecular complexity index is 4010. The first kappa shape index (κ1) is 42.7. The number of nitrogens with zero attached hydrogens (tertiary/aromatic N) is 3. The Hall–Kier alpha value is -9.18. The van der Waals surface area contributed by atoms with Crippen LogP contribution in [0.15, 0.2) is 273 Å². The van der Waals surface area contributed by atoms with Crippen LogP contribution in [0.2, 0.25) is 0 Å². The van der Waals surface area contributed by atoms with Gasteiger partial charge in [-0.2, -0.15) is 0 Å². The van der Waals surface area contributed by atoms with Crippen molar-refractivity contribution in [2.45, 2.75) is 24.8 Å². The van der Waals surface area contributed by atoms with Gasteiger partial charge < -0.3 is 14.4 Å². The third-order valence-electron chi connectivity index (χ3n) is 15.8. The molecule has 73 heavy (non-hydrogen) atoms. The van der Waals surface area contributed by atoms with Gasteiger partial charge in [0.25, 0.3) is 0 Å². The SMILES string of the molecule is CC1(C)c2cc(-c3ccc4c5ccccc5n(-c5ccccc5)c4c3)ccc2-c2ccc(N(c3ccccc3)c3ccc4c(c3)C(c3ccccc3)(N(c3ccccc3)c3ccccc3)c3ccccc3-4)cc21. The second-order valence-electron chi connectivity index (χ2n) is 20.1. The molecule has 0 bridgehead atoms. The molecule has 0 amide bonds. The molecule has 3 heteroatoms. The standard InChI is InChI=1S/C70H51N3/c1-69(2)64-44-48(49-37-41-62-61-33-19-21-35-67(61)72(68(62)45-49)52-26-12-5-13-27-52)36-40-58(64)59-42-38-55(46-65(59)69)71(51-24-10-4-11-25-51)56-39-43-60-57-32-18-20-34-63(57)70(66(60)47-56,50-22-8-3-9-23-50)73(53-28-14-6-15-29-53)54-30-16-7-17-31-54/h3-47H,1-2H3. The molecule has 0 fully saturated rings. The first-order valence-corrected chi connectivity index (χ1v) is 25.4. The molecule has 0 N–H and O–H groups in total. The maximum absolute atomic E-state index is 2.56. The number of hydrogen-bond donors (Lipinski definition) is 0. The van der Waals surface area contributed by atoms with Crippen molar-refractivity contribution in [2.24, 2.45) is 0 Å². The van der Waals surface area contributed by atoms with Crippen molar-refractivity contribution in [2.75, 3.05) is 9.80 Å². The molecular formula is C70H51N3. The predicted molar refractivity (Wildman–Crippen MR) is 305 cm³/mol. The molecule has 0 radical (unpaired) electrons. The van der Waals surface area contributed by atoms with Crippen molar-refractivity contribution in [3.8, 4) is 39.1 Å². The van der Waals surface area contributed by atoms with Crippen LogP contribution in [0.4, 0.5) is 28.4 Å². The molecule has 0 saturated carbocycles. The van der Waals surface area contributed by atoms with Crippen LogP contribution in [0.1, 0.15) is 41.7 Å². The van der Waals surface area contributed by atoms with Gasteiger partial charge in [0.1, 0.15) is 5.54 Å². The highest BCUT2D eigenvalue weighted by Crippen LogP contribution is 2.59. The summed E-state index contributed by atoms with van der Waals surface area (Å²) >= 11 is 0. The summed E-state index contributed by atoms with van der Waals surface area (Å²) in [4.78, 5) is 5.02. The van der Waals surface area contributed by atoms with Crippen LogP contribution < -0.4 is 9.80 Å². The molecule has 0 saturated heterocycles. The molecule has 1 unspecified atom stereocenters.